The maximum Gasteiger partial charge on any atom is 0.584 e. The fraction of sp³-hybridized carbons (Fsp3) is 0.564. The Bertz CT molecular complexity index is 2410. The predicted molar refractivity (Wildman–Crippen MR) is 265 cm³/mol. The van der Waals surface area contributed by atoms with Crippen LogP contribution in [0.2, 0.25) is 0 Å². The van der Waals surface area contributed by atoms with Gasteiger partial charge in [-0.25, -0.2) is 9.13 Å². The summed E-state index contributed by atoms with van der Waals surface area (Å²) in [6, 6.07) is 16.9. The van der Waals surface area contributed by atoms with Crippen LogP contribution in [0.25, 0.3) is 0 Å². The van der Waals surface area contributed by atoms with E-state index in [1.54, 1.807) is 0 Å². The van der Waals surface area contributed by atoms with E-state index in [2.05, 4.69) is 125 Å². The average molecular weight is 982 g/mol. The standard InChI is InChI=1S/C29H39O4P.C26H37O4P.Mn/c1-20-15-22-19-23-16-21(2)18-25(29(4)13-9-6-10-14-29)27(23)33-34(30,31)32-26(22)24(17-20)28(3)11-7-5-8-12-28;1-8-10-19(5)22-14-17(3)12-20-16-21-13-18(4)15-23(26(6,7)11-9-2)25(21)30-31(27,28)29-24(20)22;/h15-18H,5-14,19H2,1-4H3,(H,30,31);12-15,19H,8-11,16H2,1-7H3,(H,27,28);. The van der Waals surface area contributed by atoms with Gasteiger partial charge in [0.25, 0.3) is 0 Å². The molecule has 0 bridgehead atoms. The molecule has 2 atom stereocenters. The summed E-state index contributed by atoms with van der Waals surface area (Å²) in [4.78, 5) is 21.8. The van der Waals surface area contributed by atoms with Crippen LogP contribution < -0.4 is 18.1 Å². The number of phosphoric acid groups is 2. The number of aryl methyl sites for hydroxylation is 4. The van der Waals surface area contributed by atoms with Crippen LogP contribution in [-0.2, 0) is 55.3 Å². The first-order valence-corrected chi connectivity index (χ1v) is 27.5. The largest absolute Gasteiger partial charge is 0.584 e. The molecule has 11 heteroatoms. The number of rotatable bonds is 8. The molecule has 0 amide bonds. The molecule has 2 saturated carbocycles. The number of hydrogen-bond donors (Lipinski definition) is 2. The first-order chi connectivity index (χ1) is 30.6. The monoisotopic (exact) mass is 981 g/mol. The second-order valence-corrected chi connectivity index (χ2v) is 24.1. The third-order valence-electron chi connectivity index (χ3n) is 14.9. The van der Waals surface area contributed by atoms with Crippen LogP contribution in [0.5, 0.6) is 23.0 Å². The summed E-state index contributed by atoms with van der Waals surface area (Å²) in [5, 5.41) is 0. The zero-order valence-corrected chi connectivity index (χ0v) is 44.6. The van der Waals surface area contributed by atoms with E-state index in [1.165, 1.54) is 49.7 Å². The molecule has 66 heavy (non-hydrogen) atoms. The van der Waals surface area contributed by atoms with Crippen molar-refractivity contribution >= 4 is 15.6 Å². The summed E-state index contributed by atoms with van der Waals surface area (Å²) in [7, 11) is -8.72. The Kier molecular flexibility index (Phi) is 16.3. The van der Waals surface area contributed by atoms with Crippen LogP contribution in [0.1, 0.15) is 211 Å². The van der Waals surface area contributed by atoms with Gasteiger partial charge in [-0.05, 0) is 116 Å². The smallest absolute Gasteiger partial charge is 0.395 e. The molecule has 0 spiro atoms. The maximum atomic E-state index is 13.5. The summed E-state index contributed by atoms with van der Waals surface area (Å²) in [5.74, 6) is 2.38. The van der Waals surface area contributed by atoms with Crippen molar-refractivity contribution < 1.29 is 54.1 Å². The molecular formula is C55H76MnO8P2. The van der Waals surface area contributed by atoms with Crippen molar-refractivity contribution in [2.75, 3.05) is 0 Å². The van der Waals surface area contributed by atoms with Gasteiger partial charge in [-0.1, -0.05) is 171 Å². The van der Waals surface area contributed by atoms with E-state index in [0.717, 1.165) is 107 Å². The van der Waals surface area contributed by atoms with E-state index < -0.39 is 15.6 Å². The van der Waals surface area contributed by atoms with Crippen molar-refractivity contribution in [2.24, 2.45) is 0 Å². The molecule has 0 saturated heterocycles. The molecule has 1 radical (unpaired) electrons. The fourth-order valence-corrected chi connectivity index (χ4v) is 13.5. The van der Waals surface area contributed by atoms with Crippen LogP contribution in [0.3, 0.4) is 0 Å². The van der Waals surface area contributed by atoms with E-state index in [-0.39, 0.29) is 39.2 Å². The Morgan fingerprint density at radius 2 is 0.955 bits per heavy atom. The molecular weight excluding hydrogens is 905 g/mol. The minimum absolute atomic E-state index is 0. The zero-order valence-electron chi connectivity index (χ0n) is 41.6. The minimum atomic E-state index is -4.37. The summed E-state index contributed by atoms with van der Waals surface area (Å²) < 4.78 is 50.2. The summed E-state index contributed by atoms with van der Waals surface area (Å²) in [5.41, 5.74) is 12.3. The molecule has 8 rings (SSSR count). The van der Waals surface area contributed by atoms with Gasteiger partial charge in [0.1, 0.15) is 23.0 Å². The van der Waals surface area contributed by atoms with Crippen LogP contribution in [0, 0.1) is 27.7 Å². The van der Waals surface area contributed by atoms with Crippen LogP contribution in [0.4, 0.5) is 0 Å². The van der Waals surface area contributed by atoms with Crippen molar-refractivity contribution in [3.63, 3.8) is 0 Å². The van der Waals surface area contributed by atoms with E-state index in [4.69, 9.17) is 18.1 Å². The van der Waals surface area contributed by atoms with Gasteiger partial charge in [-0.15, -0.1) is 0 Å². The molecule has 2 aliphatic heterocycles. The van der Waals surface area contributed by atoms with Crippen LogP contribution in [-0.4, -0.2) is 9.79 Å². The van der Waals surface area contributed by atoms with Gasteiger partial charge < -0.3 is 18.1 Å². The third kappa shape index (κ3) is 11.5. The second kappa shape index (κ2) is 20.5. The Hall–Kier alpha value is -3.02. The molecule has 2 heterocycles. The van der Waals surface area contributed by atoms with Gasteiger partial charge >= 0.3 is 15.6 Å². The molecule has 4 aliphatic rings. The van der Waals surface area contributed by atoms with Gasteiger partial charge in [-0.2, -0.15) is 0 Å². The molecule has 4 aromatic rings. The summed E-state index contributed by atoms with van der Waals surface area (Å²) in [6.45, 7) is 23.7. The first kappa shape index (κ1) is 52.4. The van der Waals surface area contributed by atoms with Gasteiger partial charge in [0, 0.05) is 46.6 Å². The van der Waals surface area contributed by atoms with Crippen molar-refractivity contribution in [2.45, 2.75) is 201 Å². The summed E-state index contributed by atoms with van der Waals surface area (Å²) >= 11 is 0. The Morgan fingerprint density at radius 3 is 1.39 bits per heavy atom. The molecule has 2 unspecified atom stereocenters. The van der Waals surface area contributed by atoms with Crippen molar-refractivity contribution in [3.8, 4) is 23.0 Å². The van der Waals surface area contributed by atoms with Crippen molar-refractivity contribution in [3.05, 3.63) is 115 Å². The molecule has 2 aliphatic carbocycles. The number of benzene rings is 4. The van der Waals surface area contributed by atoms with E-state index in [9.17, 15) is 18.9 Å². The first-order valence-electron chi connectivity index (χ1n) is 24.6. The fourth-order valence-electron chi connectivity index (χ4n) is 11.6. The third-order valence-corrected chi connectivity index (χ3v) is 16.6. The molecule has 2 N–H and O–H groups in total. The molecule has 4 aromatic carbocycles. The normalized spacial score (nSPS) is 20.9. The van der Waals surface area contributed by atoms with Gasteiger partial charge in [0.15, 0.2) is 0 Å². The van der Waals surface area contributed by atoms with Crippen molar-refractivity contribution in [1.82, 2.24) is 0 Å². The number of phosphoric ester groups is 2. The van der Waals surface area contributed by atoms with Gasteiger partial charge in [0.2, 0.25) is 0 Å². The topological polar surface area (TPSA) is 112 Å². The van der Waals surface area contributed by atoms with E-state index in [0.29, 0.717) is 35.8 Å². The van der Waals surface area contributed by atoms with E-state index >= 15 is 0 Å². The van der Waals surface area contributed by atoms with Crippen LogP contribution in [0.15, 0.2) is 48.5 Å². The quantitative estimate of drug-likeness (QED) is 0.133. The average Bonchev–Trinajstić information content (AvgIpc) is 3.21. The second-order valence-electron chi connectivity index (χ2n) is 21.5. The molecule has 361 valence electrons. The maximum absolute atomic E-state index is 13.5. The van der Waals surface area contributed by atoms with Crippen molar-refractivity contribution in [1.29, 1.82) is 0 Å². The van der Waals surface area contributed by atoms with Gasteiger partial charge in [0.05, 0.1) is 0 Å². The Labute approximate surface area is 407 Å². The predicted octanol–water partition coefficient (Wildman–Crippen LogP) is 16.0. The zero-order chi connectivity index (χ0) is 47.1. The Morgan fingerprint density at radius 1 is 0.576 bits per heavy atom. The van der Waals surface area contributed by atoms with E-state index in [1.807, 2.05) is 0 Å². The Balaban J connectivity index is 0.000000216. The molecule has 2 fully saturated rings. The van der Waals surface area contributed by atoms with Crippen LogP contribution >= 0.6 is 15.6 Å². The SMILES string of the molecule is CCCC(C)c1cc(C)cc2c1OP(=O)(O)Oc1c(cc(C)cc1C(C)(C)CCC)C2.Cc1cc2c(c(C3(C)CCCCC3)c1)OP(=O)(O)Oc1c(cc(C)cc1C1(C)CCCCC1)C2.[Mn]. The molecule has 0 aromatic heterocycles. The minimum Gasteiger partial charge on any atom is -0.395 e. The van der Waals surface area contributed by atoms with Gasteiger partial charge in [-0.3, -0.25) is 9.79 Å². The number of hydrogen-bond acceptors (Lipinski definition) is 6. The molecule has 8 nitrogen and oxygen atoms in total. The summed E-state index contributed by atoms with van der Waals surface area (Å²) in [6.07, 6.45) is 16.7. The number of fused-ring (bicyclic) bond motifs is 4.